The number of anilines is 1. The molecular formula is C15H14BrN3O3. The van der Waals surface area contributed by atoms with Crippen molar-refractivity contribution in [2.24, 2.45) is 0 Å². The zero-order valence-corrected chi connectivity index (χ0v) is 13.4. The van der Waals surface area contributed by atoms with E-state index >= 15 is 0 Å². The number of nitrogens with one attached hydrogen (secondary N) is 2. The highest BCUT2D eigenvalue weighted by Gasteiger charge is 2.08. The zero-order valence-electron chi connectivity index (χ0n) is 11.8. The largest absolute Gasteiger partial charge is 0.481 e. The molecule has 6 nitrogen and oxygen atoms in total. The Kier molecular flexibility index (Phi) is 5.48. The summed E-state index contributed by atoms with van der Waals surface area (Å²) in [6.07, 6.45) is 1.48. The number of carbonyl (C=O) groups is 2. The molecule has 0 fully saturated rings. The normalized spacial score (nSPS) is 9.91. The van der Waals surface area contributed by atoms with Gasteiger partial charge >= 0.3 is 0 Å². The number of nitrogens with zero attached hydrogens (tertiary/aromatic N) is 1. The van der Waals surface area contributed by atoms with Gasteiger partial charge in [0.15, 0.2) is 0 Å². The highest BCUT2D eigenvalue weighted by Crippen LogP contribution is 2.11. The molecule has 1 aromatic carbocycles. The highest BCUT2D eigenvalue weighted by molar-refractivity contribution is 9.10. The lowest BCUT2D eigenvalue weighted by Crippen LogP contribution is -2.32. The maximum absolute atomic E-state index is 11.9. The number of hydrogen-bond donors (Lipinski definition) is 2. The number of methoxy groups -OCH3 is 1. The molecule has 1 heterocycles. The molecule has 2 rings (SSSR count). The van der Waals surface area contributed by atoms with E-state index < -0.39 is 0 Å². The van der Waals surface area contributed by atoms with Gasteiger partial charge in [0.2, 0.25) is 11.8 Å². The number of pyridine rings is 1. The van der Waals surface area contributed by atoms with Gasteiger partial charge in [0, 0.05) is 16.1 Å². The summed E-state index contributed by atoms with van der Waals surface area (Å²) >= 11 is 3.29. The lowest BCUT2D eigenvalue weighted by molar-refractivity contribution is -0.115. The van der Waals surface area contributed by atoms with Gasteiger partial charge in [0.05, 0.1) is 25.5 Å². The van der Waals surface area contributed by atoms with E-state index in [2.05, 4.69) is 31.5 Å². The van der Waals surface area contributed by atoms with E-state index in [9.17, 15) is 9.59 Å². The Bertz CT molecular complexity index is 657. The number of hydrogen-bond acceptors (Lipinski definition) is 4. The van der Waals surface area contributed by atoms with Gasteiger partial charge < -0.3 is 15.4 Å². The molecule has 0 saturated heterocycles. The summed E-state index contributed by atoms with van der Waals surface area (Å²) in [7, 11) is 1.51. The van der Waals surface area contributed by atoms with Crippen molar-refractivity contribution in [3.05, 3.63) is 52.6 Å². The monoisotopic (exact) mass is 363 g/mol. The standard InChI is InChI=1S/C15H14BrN3O3/c1-22-14-7-6-12(8-17-14)19-13(20)9-18-15(21)10-2-4-11(16)5-3-10/h2-8H,9H2,1H3,(H,18,21)(H,19,20). The first-order valence-corrected chi connectivity index (χ1v) is 7.21. The fourth-order valence-electron chi connectivity index (χ4n) is 1.64. The van der Waals surface area contributed by atoms with Gasteiger partial charge in [-0.1, -0.05) is 15.9 Å². The third-order valence-corrected chi connectivity index (χ3v) is 3.27. The second kappa shape index (κ2) is 7.56. The van der Waals surface area contributed by atoms with Crippen LogP contribution in [0.15, 0.2) is 47.1 Å². The summed E-state index contributed by atoms with van der Waals surface area (Å²) in [6.45, 7) is -0.124. The van der Waals surface area contributed by atoms with Crippen molar-refractivity contribution < 1.29 is 14.3 Å². The molecule has 22 heavy (non-hydrogen) atoms. The molecule has 0 unspecified atom stereocenters. The molecule has 0 aliphatic carbocycles. The molecule has 2 aromatic rings. The molecule has 0 atom stereocenters. The number of aromatic nitrogens is 1. The van der Waals surface area contributed by atoms with E-state index in [-0.39, 0.29) is 18.4 Å². The summed E-state index contributed by atoms with van der Waals surface area (Å²) in [6, 6.07) is 10.2. The molecule has 114 valence electrons. The van der Waals surface area contributed by atoms with Crippen LogP contribution in [0.4, 0.5) is 5.69 Å². The summed E-state index contributed by atoms with van der Waals surface area (Å²) in [5.74, 6) is -0.186. The van der Waals surface area contributed by atoms with E-state index in [1.165, 1.54) is 13.3 Å². The molecule has 0 radical (unpaired) electrons. The minimum atomic E-state index is -0.336. The summed E-state index contributed by atoms with van der Waals surface area (Å²) in [5.41, 5.74) is 1.02. The van der Waals surface area contributed by atoms with Crippen LogP contribution in [0.1, 0.15) is 10.4 Å². The zero-order chi connectivity index (χ0) is 15.9. The van der Waals surface area contributed by atoms with Gasteiger partial charge in [0.25, 0.3) is 5.91 Å². The second-order valence-electron chi connectivity index (χ2n) is 4.33. The van der Waals surface area contributed by atoms with E-state index in [1.807, 2.05) is 0 Å². The van der Waals surface area contributed by atoms with Crippen LogP contribution < -0.4 is 15.4 Å². The Hall–Kier alpha value is -2.41. The maximum Gasteiger partial charge on any atom is 0.251 e. The van der Waals surface area contributed by atoms with Crippen LogP contribution in [0.25, 0.3) is 0 Å². The third kappa shape index (κ3) is 4.56. The molecule has 1 aromatic heterocycles. The predicted molar refractivity (Wildman–Crippen MR) is 85.9 cm³/mol. The van der Waals surface area contributed by atoms with Gasteiger partial charge in [-0.2, -0.15) is 0 Å². The first-order valence-electron chi connectivity index (χ1n) is 6.42. The minimum Gasteiger partial charge on any atom is -0.481 e. The molecule has 0 bridgehead atoms. The van der Waals surface area contributed by atoms with E-state index in [1.54, 1.807) is 36.4 Å². The Labute approximate surface area is 136 Å². The van der Waals surface area contributed by atoms with E-state index in [0.717, 1.165) is 4.47 Å². The molecule has 0 spiro atoms. The predicted octanol–water partition coefficient (Wildman–Crippen LogP) is 2.22. The Morgan fingerprint density at radius 1 is 1.18 bits per heavy atom. The SMILES string of the molecule is COc1ccc(NC(=O)CNC(=O)c2ccc(Br)cc2)cn1. The van der Waals surface area contributed by atoms with Crippen molar-refractivity contribution in [2.45, 2.75) is 0 Å². The average molecular weight is 364 g/mol. The van der Waals surface area contributed by atoms with Crippen molar-refractivity contribution in [2.75, 3.05) is 19.0 Å². The lowest BCUT2D eigenvalue weighted by Gasteiger charge is -2.07. The number of benzene rings is 1. The van der Waals surface area contributed by atoms with Crippen molar-refractivity contribution in [1.29, 1.82) is 0 Å². The highest BCUT2D eigenvalue weighted by atomic mass is 79.9. The summed E-state index contributed by atoms with van der Waals surface area (Å²) in [4.78, 5) is 27.6. The molecular weight excluding hydrogens is 350 g/mol. The Balaban J connectivity index is 1.84. The maximum atomic E-state index is 11.9. The van der Waals surface area contributed by atoms with Crippen LogP contribution in [0.3, 0.4) is 0 Å². The van der Waals surface area contributed by atoms with Crippen molar-refractivity contribution in [3.8, 4) is 5.88 Å². The minimum absolute atomic E-state index is 0.124. The molecule has 0 aliphatic heterocycles. The summed E-state index contributed by atoms with van der Waals surface area (Å²) in [5, 5.41) is 5.18. The van der Waals surface area contributed by atoms with Gasteiger partial charge in [-0.25, -0.2) is 4.98 Å². The quantitative estimate of drug-likeness (QED) is 0.853. The smallest absolute Gasteiger partial charge is 0.251 e. The number of carbonyl (C=O) groups excluding carboxylic acids is 2. The molecule has 2 N–H and O–H groups in total. The molecule has 0 saturated carbocycles. The third-order valence-electron chi connectivity index (χ3n) is 2.75. The van der Waals surface area contributed by atoms with E-state index in [4.69, 9.17) is 4.74 Å². The first kappa shape index (κ1) is 16.0. The van der Waals surface area contributed by atoms with Gasteiger partial charge in [-0.15, -0.1) is 0 Å². The number of rotatable bonds is 5. The summed E-state index contributed by atoms with van der Waals surface area (Å²) < 4.78 is 5.81. The van der Waals surface area contributed by atoms with Crippen LogP contribution >= 0.6 is 15.9 Å². The number of ether oxygens (including phenoxy) is 1. The topological polar surface area (TPSA) is 80.3 Å². The lowest BCUT2D eigenvalue weighted by atomic mass is 10.2. The van der Waals surface area contributed by atoms with Gasteiger partial charge in [-0.3, -0.25) is 9.59 Å². The average Bonchev–Trinajstić information content (AvgIpc) is 2.54. The Morgan fingerprint density at radius 3 is 2.50 bits per heavy atom. The van der Waals surface area contributed by atoms with Crippen LogP contribution in [0.5, 0.6) is 5.88 Å². The first-order chi connectivity index (χ1) is 10.6. The van der Waals surface area contributed by atoms with E-state index in [0.29, 0.717) is 17.1 Å². The van der Waals surface area contributed by atoms with Crippen LogP contribution in [0.2, 0.25) is 0 Å². The Morgan fingerprint density at radius 2 is 1.91 bits per heavy atom. The van der Waals surface area contributed by atoms with Crippen LogP contribution in [-0.4, -0.2) is 30.5 Å². The second-order valence-corrected chi connectivity index (χ2v) is 5.24. The number of halogens is 1. The molecule has 7 heteroatoms. The fraction of sp³-hybridized carbons (Fsp3) is 0.133. The van der Waals surface area contributed by atoms with Crippen LogP contribution in [0, 0.1) is 0 Å². The molecule has 2 amide bonds. The number of amides is 2. The fourth-order valence-corrected chi connectivity index (χ4v) is 1.91. The van der Waals surface area contributed by atoms with Crippen molar-refractivity contribution in [3.63, 3.8) is 0 Å². The molecule has 0 aliphatic rings. The van der Waals surface area contributed by atoms with Crippen molar-refractivity contribution >= 4 is 33.4 Å². The van der Waals surface area contributed by atoms with Crippen molar-refractivity contribution in [1.82, 2.24) is 10.3 Å². The van der Waals surface area contributed by atoms with Crippen LogP contribution in [-0.2, 0) is 4.79 Å². The van der Waals surface area contributed by atoms with Gasteiger partial charge in [-0.05, 0) is 30.3 Å². The van der Waals surface area contributed by atoms with Gasteiger partial charge in [0.1, 0.15) is 0 Å².